The Balaban J connectivity index is 2.12. The first-order valence-electron chi connectivity index (χ1n) is 8.25. The quantitative estimate of drug-likeness (QED) is 0.577. The molecule has 0 saturated carbocycles. The van der Waals surface area contributed by atoms with Gasteiger partial charge in [0.1, 0.15) is 11.5 Å². The van der Waals surface area contributed by atoms with E-state index in [1.54, 1.807) is 18.2 Å². The van der Waals surface area contributed by atoms with Gasteiger partial charge in [-0.05, 0) is 44.2 Å². The van der Waals surface area contributed by atoms with Crippen LogP contribution in [0.15, 0.2) is 47.6 Å². The molecule has 1 amide bonds. The zero-order chi connectivity index (χ0) is 19.9. The van der Waals surface area contributed by atoms with Gasteiger partial charge in [0.15, 0.2) is 0 Å². The number of alkyl halides is 3. The molecule has 1 N–H and O–H groups in total. The number of halogens is 3. The summed E-state index contributed by atoms with van der Waals surface area (Å²) in [4.78, 5) is 12.0. The lowest BCUT2D eigenvalue weighted by Crippen LogP contribution is -2.18. The molecule has 0 saturated heterocycles. The largest absolute Gasteiger partial charge is 0.494 e. The van der Waals surface area contributed by atoms with E-state index < -0.39 is 17.6 Å². The molecule has 2 aromatic rings. The molecule has 0 aliphatic heterocycles. The number of carbonyl (C=O) groups is 1. The van der Waals surface area contributed by atoms with Crippen molar-refractivity contribution < 1.29 is 27.4 Å². The maximum atomic E-state index is 12.7. The van der Waals surface area contributed by atoms with Crippen LogP contribution in [0.3, 0.4) is 0 Å². The standard InChI is InChI=1S/C19H19F3N2O3/c1-3-26-16-9-8-14(17(11-16)27-4-2)12-23-24-18(25)13-6-5-7-15(10-13)19(20,21)22/h5-12H,3-4H2,1-2H3,(H,24,25)/b23-12-. The zero-order valence-electron chi connectivity index (χ0n) is 14.8. The Labute approximate surface area is 154 Å². The van der Waals surface area contributed by atoms with Gasteiger partial charge in [0.25, 0.3) is 5.91 Å². The smallest absolute Gasteiger partial charge is 0.416 e. The molecule has 2 rings (SSSR count). The van der Waals surface area contributed by atoms with Crippen molar-refractivity contribution in [3.05, 3.63) is 59.2 Å². The van der Waals surface area contributed by atoms with Crippen LogP contribution < -0.4 is 14.9 Å². The van der Waals surface area contributed by atoms with Gasteiger partial charge in [-0.25, -0.2) is 5.43 Å². The molecule has 0 unspecified atom stereocenters. The molecule has 0 atom stereocenters. The molecule has 27 heavy (non-hydrogen) atoms. The Kier molecular flexibility index (Phi) is 6.81. The van der Waals surface area contributed by atoms with E-state index in [-0.39, 0.29) is 5.56 Å². The summed E-state index contributed by atoms with van der Waals surface area (Å²) in [5.74, 6) is 0.396. The number of rotatable bonds is 7. The van der Waals surface area contributed by atoms with Crippen LogP contribution in [0.25, 0.3) is 0 Å². The second-order valence-electron chi connectivity index (χ2n) is 5.34. The van der Waals surface area contributed by atoms with Crippen LogP contribution >= 0.6 is 0 Å². The SMILES string of the molecule is CCOc1ccc(/C=N\NC(=O)c2cccc(C(F)(F)F)c2)c(OCC)c1. The minimum absolute atomic E-state index is 0.140. The van der Waals surface area contributed by atoms with Crippen molar-refractivity contribution in [3.8, 4) is 11.5 Å². The normalized spacial score (nSPS) is 11.4. The highest BCUT2D eigenvalue weighted by Gasteiger charge is 2.30. The van der Waals surface area contributed by atoms with Gasteiger partial charge in [-0.1, -0.05) is 6.07 Å². The summed E-state index contributed by atoms with van der Waals surface area (Å²) in [5, 5.41) is 3.80. The average molecular weight is 380 g/mol. The first kappa shape index (κ1) is 20.3. The Bertz CT molecular complexity index is 820. The van der Waals surface area contributed by atoms with Crippen LogP contribution in [0.1, 0.15) is 35.3 Å². The number of hydrogen-bond donors (Lipinski definition) is 1. The van der Waals surface area contributed by atoms with Crippen LogP contribution in [-0.4, -0.2) is 25.3 Å². The molecule has 5 nitrogen and oxygen atoms in total. The summed E-state index contributed by atoms with van der Waals surface area (Å²) in [6.45, 7) is 4.61. The van der Waals surface area contributed by atoms with Gasteiger partial charge in [0, 0.05) is 17.2 Å². The molecule has 0 aliphatic carbocycles. The number of hydrazone groups is 1. The third kappa shape index (κ3) is 5.73. The van der Waals surface area contributed by atoms with Gasteiger partial charge < -0.3 is 9.47 Å². The number of hydrogen-bond acceptors (Lipinski definition) is 4. The van der Waals surface area contributed by atoms with Gasteiger partial charge in [-0.2, -0.15) is 18.3 Å². The Morgan fingerprint density at radius 2 is 1.85 bits per heavy atom. The molecule has 2 aromatic carbocycles. The third-order valence-electron chi connectivity index (χ3n) is 3.42. The van der Waals surface area contributed by atoms with Gasteiger partial charge in [0.05, 0.1) is 25.0 Å². The van der Waals surface area contributed by atoms with E-state index in [9.17, 15) is 18.0 Å². The number of ether oxygens (including phenoxy) is 2. The number of carbonyl (C=O) groups excluding carboxylic acids is 1. The first-order valence-corrected chi connectivity index (χ1v) is 8.25. The number of nitrogens with zero attached hydrogens (tertiary/aromatic N) is 1. The minimum atomic E-state index is -4.52. The summed E-state index contributed by atoms with van der Waals surface area (Å²) in [7, 11) is 0. The fourth-order valence-electron chi connectivity index (χ4n) is 2.22. The fourth-order valence-corrected chi connectivity index (χ4v) is 2.22. The Hall–Kier alpha value is -3.03. The number of amides is 1. The van der Waals surface area contributed by atoms with Crippen LogP contribution in [0.5, 0.6) is 11.5 Å². The molecule has 0 bridgehead atoms. The molecule has 0 aliphatic rings. The zero-order valence-corrected chi connectivity index (χ0v) is 14.8. The van der Waals surface area contributed by atoms with Gasteiger partial charge in [-0.15, -0.1) is 0 Å². The minimum Gasteiger partial charge on any atom is -0.494 e. The maximum absolute atomic E-state index is 12.7. The summed E-state index contributed by atoms with van der Waals surface area (Å²) in [5.41, 5.74) is 1.76. The average Bonchev–Trinajstić information content (AvgIpc) is 2.63. The molecule has 0 aromatic heterocycles. The van der Waals surface area contributed by atoms with Gasteiger partial charge >= 0.3 is 6.18 Å². The predicted octanol–water partition coefficient (Wildman–Crippen LogP) is 4.27. The summed E-state index contributed by atoms with van der Waals surface area (Å²) < 4.78 is 49.1. The van der Waals surface area contributed by atoms with E-state index in [4.69, 9.17) is 9.47 Å². The number of benzene rings is 2. The molecule has 0 heterocycles. The lowest BCUT2D eigenvalue weighted by molar-refractivity contribution is -0.137. The fraction of sp³-hybridized carbons (Fsp3) is 0.263. The van der Waals surface area contributed by atoms with Gasteiger partial charge in [0.2, 0.25) is 0 Å². The van der Waals surface area contributed by atoms with E-state index in [1.165, 1.54) is 18.3 Å². The van der Waals surface area contributed by atoms with Crippen molar-refractivity contribution >= 4 is 12.1 Å². The van der Waals surface area contributed by atoms with Crippen LogP contribution in [-0.2, 0) is 6.18 Å². The van der Waals surface area contributed by atoms with E-state index in [2.05, 4.69) is 10.5 Å². The predicted molar refractivity (Wildman–Crippen MR) is 95.3 cm³/mol. The third-order valence-corrected chi connectivity index (χ3v) is 3.42. The second kappa shape index (κ2) is 9.07. The van der Waals surface area contributed by atoms with Crippen LogP contribution in [0.2, 0.25) is 0 Å². The lowest BCUT2D eigenvalue weighted by Gasteiger charge is -2.10. The number of nitrogens with one attached hydrogen (secondary N) is 1. The monoisotopic (exact) mass is 380 g/mol. The molecule has 0 fully saturated rings. The summed E-state index contributed by atoms with van der Waals surface area (Å²) in [6, 6.07) is 9.24. The maximum Gasteiger partial charge on any atom is 0.416 e. The lowest BCUT2D eigenvalue weighted by atomic mass is 10.1. The first-order chi connectivity index (χ1) is 12.8. The van der Waals surface area contributed by atoms with E-state index in [1.807, 2.05) is 13.8 Å². The second-order valence-corrected chi connectivity index (χ2v) is 5.34. The molecule has 0 spiro atoms. The van der Waals surface area contributed by atoms with Crippen LogP contribution in [0, 0.1) is 0 Å². The van der Waals surface area contributed by atoms with Crippen molar-refractivity contribution in [2.75, 3.05) is 13.2 Å². The van der Waals surface area contributed by atoms with Crippen molar-refractivity contribution in [2.45, 2.75) is 20.0 Å². The summed E-state index contributed by atoms with van der Waals surface area (Å²) in [6.07, 6.45) is -3.17. The Morgan fingerprint density at radius 1 is 1.11 bits per heavy atom. The van der Waals surface area contributed by atoms with Crippen molar-refractivity contribution in [3.63, 3.8) is 0 Å². The summed E-state index contributed by atoms with van der Waals surface area (Å²) >= 11 is 0. The van der Waals surface area contributed by atoms with Crippen molar-refractivity contribution in [1.29, 1.82) is 0 Å². The van der Waals surface area contributed by atoms with E-state index >= 15 is 0 Å². The highest BCUT2D eigenvalue weighted by atomic mass is 19.4. The van der Waals surface area contributed by atoms with E-state index in [0.717, 1.165) is 12.1 Å². The molecule has 8 heteroatoms. The van der Waals surface area contributed by atoms with Crippen molar-refractivity contribution in [1.82, 2.24) is 5.43 Å². The highest BCUT2D eigenvalue weighted by molar-refractivity contribution is 5.95. The Morgan fingerprint density at radius 3 is 2.52 bits per heavy atom. The molecular formula is C19H19F3N2O3. The highest BCUT2D eigenvalue weighted by Crippen LogP contribution is 2.29. The van der Waals surface area contributed by atoms with Crippen molar-refractivity contribution in [2.24, 2.45) is 5.10 Å². The molecule has 0 radical (unpaired) electrons. The topological polar surface area (TPSA) is 59.9 Å². The molecular weight excluding hydrogens is 361 g/mol. The van der Waals surface area contributed by atoms with E-state index in [0.29, 0.717) is 30.3 Å². The van der Waals surface area contributed by atoms with Gasteiger partial charge in [-0.3, -0.25) is 4.79 Å². The molecule has 144 valence electrons. The van der Waals surface area contributed by atoms with Crippen LogP contribution in [0.4, 0.5) is 13.2 Å².